The third-order valence-corrected chi connectivity index (χ3v) is 4.11. The Bertz CT molecular complexity index is 371. The van der Waals surface area contributed by atoms with Crippen LogP contribution in [0.3, 0.4) is 0 Å². The molecule has 2 heteroatoms. The van der Waals surface area contributed by atoms with Gasteiger partial charge in [-0.1, -0.05) is 32.4 Å². The van der Waals surface area contributed by atoms with Gasteiger partial charge in [0.05, 0.1) is 12.2 Å². The van der Waals surface area contributed by atoms with Gasteiger partial charge in [0.25, 0.3) is 0 Å². The van der Waals surface area contributed by atoms with Gasteiger partial charge >= 0.3 is 0 Å². The highest BCUT2D eigenvalue weighted by molar-refractivity contribution is 5.32. The van der Waals surface area contributed by atoms with E-state index in [0.29, 0.717) is 5.92 Å². The van der Waals surface area contributed by atoms with Crippen LogP contribution >= 0.6 is 0 Å². The minimum atomic E-state index is -0.613. The average Bonchev–Trinajstić information content (AvgIpc) is 2.79. The summed E-state index contributed by atoms with van der Waals surface area (Å²) in [5, 5.41) is 10.8. The van der Waals surface area contributed by atoms with Gasteiger partial charge < -0.3 is 9.84 Å². The van der Waals surface area contributed by atoms with E-state index in [9.17, 15) is 5.11 Å². The highest BCUT2D eigenvalue weighted by atomic mass is 16.5. The molecule has 2 atom stereocenters. The summed E-state index contributed by atoms with van der Waals surface area (Å²) in [6, 6.07) is 8.01. The lowest BCUT2D eigenvalue weighted by atomic mass is 9.82. The van der Waals surface area contributed by atoms with Crippen molar-refractivity contribution in [3.8, 4) is 5.75 Å². The largest absolute Gasteiger partial charge is 0.494 e. The molecule has 0 spiro atoms. The van der Waals surface area contributed by atoms with Crippen molar-refractivity contribution >= 4 is 0 Å². The van der Waals surface area contributed by atoms with Gasteiger partial charge in [-0.25, -0.2) is 0 Å². The number of hydrogen-bond acceptors (Lipinski definition) is 2. The van der Waals surface area contributed by atoms with Crippen LogP contribution in [0.4, 0.5) is 0 Å². The zero-order chi connectivity index (χ0) is 13.0. The van der Waals surface area contributed by atoms with Crippen LogP contribution in [0.2, 0.25) is 0 Å². The Morgan fingerprint density at radius 3 is 2.61 bits per heavy atom. The van der Waals surface area contributed by atoms with E-state index in [1.807, 2.05) is 24.3 Å². The number of hydrogen-bond donors (Lipinski definition) is 1. The van der Waals surface area contributed by atoms with E-state index in [1.165, 1.54) is 0 Å². The molecule has 1 saturated carbocycles. The summed E-state index contributed by atoms with van der Waals surface area (Å²) in [4.78, 5) is 0. The summed E-state index contributed by atoms with van der Waals surface area (Å²) in [5.41, 5.74) is 0.439. The molecule has 1 aliphatic rings. The average molecular weight is 248 g/mol. The van der Waals surface area contributed by atoms with E-state index in [-0.39, 0.29) is 0 Å². The molecule has 2 nitrogen and oxygen atoms in total. The van der Waals surface area contributed by atoms with Crippen LogP contribution in [0.1, 0.15) is 51.5 Å². The van der Waals surface area contributed by atoms with Crippen LogP contribution < -0.4 is 4.74 Å². The second kappa shape index (κ2) is 5.75. The molecular weight excluding hydrogens is 224 g/mol. The normalized spacial score (nSPS) is 27.4. The summed E-state index contributed by atoms with van der Waals surface area (Å²) in [6.45, 7) is 5.02. The van der Waals surface area contributed by atoms with Crippen LogP contribution in [0.15, 0.2) is 24.3 Å². The number of benzene rings is 1. The van der Waals surface area contributed by atoms with Gasteiger partial charge in [-0.2, -0.15) is 0 Å². The quantitative estimate of drug-likeness (QED) is 0.857. The second-order valence-corrected chi connectivity index (χ2v) is 5.29. The summed E-state index contributed by atoms with van der Waals surface area (Å²) in [6.07, 6.45) is 5.22. The minimum absolute atomic E-state index is 0.403. The zero-order valence-electron chi connectivity index (χ0n) is 11.5. The lowest BCUT2D eigenvalue weighted by Gasteiger charge is -2.30. The molecule has 0 saturated heterocycles. The highest BCUT2D eigenvalue weighted by Gasteiger charge is 2.41. The fourth-order valence-electron chi connectivity index (χ4n) is 3.04. The van der Waals surface area contributed by atoms with E-state index in [2.05, 4.69) is 13.8 Å². The Kier molecular flexibility index (Phi) is 4.28. The zero-order valence-corrected chi connectivity index (χ0v) is 11.5. The molecule has 1 aromatic rings. The standard InChI is InChI=1S/C16H24O2/c1-3-12-18-15-9-7-14(8-10-15)16(17)11-5-6-13(16)4-2/h7-10,13,17H,3-6,11-12H2,1-2H3. The fourth-order valence-corrected chi connectivity index (χ4v) is 3.04. The molecule has 1 N–H and O–H groups in total. The Morgan fingerprint density at radius 1 is 1.28 bits per heavy atom. The van der Waals surface area contributed by atoms with Crippen LogP contribution in [0.5, 0.6) is 5.75 Å². The third kappa shape index (κ3) is 2.54. The first kappa shape index (κ1) is 13.4. The monoisotopic (exact) mass is 248 g/mol. The van der Waals surface area contributed by atoms with Crippen molar-refractivity contribution in [2.45, 2.75) is 51.6 Å². The Balaban J connectivity index is 2.13. The first-order valence-electron chi connectivity index (χ1n) is 7.16. The summed E-state index contributed by atoms with van der Waals surface area (Å²) >= 11 is 0. The van der Waals surface area contributed by atoms with Crippen molar-refractivity contribution in [3.05, 3.63) is 29.8 Å². The van der Waals surface area contributed by atoms with Crippen molar-refractivity contribution in [2.75, 3.05) is 6.61 Å². The topological polar surface area (TPSA) is 29.5 Å². The maximum Gasteiger partial charge on any atom is 0.119 e. The third-order valence-electron chi connectivity index (χ3n) is 4.11. The van der Waals surface area contributed by atoms with Crippen molar-refractivity contribution in [2.24, 2.45) is 5.92 Å². The maximum absolute atomic E-state index is 10.8. The second-order valence-electron chi connectivity index (χ2n) is 5.29. The van der Waals surface area contributed by atoms with Crippen molar-refractivity contribution in [3.63, 3.8) is 0 Å². The van der Waals surface area contributed by atoms with E-state index >= 15 is 0 Å². The Labute approximate surface area is 110 Å². The van der Waals surface area contributed by atoms with E-state index in [1.54, 1.807) is 0 Å². The van der Waals surface area contributed by atoms with Gasteiger partial charge in [0, 0.05) is 0 Å². The number of rotatable bonds is 5. The van der Waals surface area contributed by atoms with Crippen LogP contribution in [-0.2, 0) is 5.60 Å². The van der Waals surface area contributed by atoms with Gasteiger partial charge in [0.15, 0.2) is 0 Å². The maximum atomic E-state index is 10.8. The molecule has 100 valence electrons. The number of ether oxygens (including phenoxy) is 1. The molecule has 18 heavy (non-hydrogen) atoms. The summed E-state index contributed by atoms with van der Waals surface area (Å²) < 4.78 is 5.58. The fraction of sp³-hybridized carbons (Fsp3) is 0.625. The molecule has 0 aliphatic heterocycles. The molecule has 1 aliphatic carbocycles. The van der Waals surface area contributed by atoms with E-state index < -0.39 is 5.60 Å². The van der Waals surface area contributed by atoms with Gasteiger partial charge in [0.1, 0.15) is 5.75 Å². The van der Waals surface area contributed by atoms with Gasteiger partial charge in [0.2, 0.25) is 0 Å². The highest BCUT2D eigenvalue weighted by Crippen LogP contribution is 2.45. The lowest BCUT2D eigenvalue weighted by molar-refractivity contribution is -0.00390. The smallest absolute Gasteiger partial charge is 0.119 e. The van der Waals surface area contributed by atoms with Crippen LogP contribution in [0, 0.1) is 5.92 Å². The molecule has 0 amide bonds. The molecule has 0 aromatic heterocycles. The lowest BCUT2D eigenvalue weighted by Crippen LogP contribution is -2.29. The predicted molar refractivity (Wildman–Crippen MR) is 73.8 cm³/mol. The first-order valence-corrected chi connectivity index (χ1v) is 7.16. The van der Waals surface area contributed by atoms with E-state index in [4.69, 9.17) is 4.74 Å². The first-order chi connectivity index (χ1) is 8.70. The van der Waals surface area contributed by atoms with Crippen molar-refractivity contribution in [1.82, 2.24) is 0 Å². The molecule has 1 aromatic carbocycles. The SMILES string of the molecule is CCCOc1ccc(C2(O)CCCC2CC)cc1. The van der Waals surface area contributed by atoms with Gasteiger partial charge in [-0.15, -0.1) is 0 Å². The van der Waals surface area contributed by atoms with Gasteiger partial charge in [-0.05, 0) is 49.3 Å². The minimum Gasteiger partial charge on any atom is -0.494 e. The predicted octanol–water partition coefficient (Wildman–Crippen LogP) is 3.87. The van der Waals surface area contributed by atoms with Crippen molar-refractivity contribution < 1.29 is 9.84 Å². The molecule has 1 fully saturated rings. The molecule has 0 bridgehead atoms. The molecule has 0 heterocycles. The summed E-state index contributed by atoms with van der Waals surface area (Å²) in [7, 11) is 0. The number of aliphatic hydroxyl groups is 1. The molecular formula is C16H24O2. The summed E-state index contributed by atoms with van der Waals surface area (Å²) in [5.74, 6) is 1.30. The van der Waals surface area contributed by atoms with Crippen molar-refractivity contribution in [1.29, 1.82) is 0 Å². The molecule has 2 unspecified atom stereocenters. The van der Waals surface area contributed by atoms with Crippen LogP contribution in [0.25, 0.3) is 0 Å². The van der Waals surface area contributed by atoms with Gasteiger partial charge in [-0.3, -0.25) is 0 Å². The molecule has 2 rings (SSSR count). The van der Waals surface area contributed by atoms with E-state index in [0.717, 1.165) is 50.0 Å². The molecule has 0 radical (unpaired) electrons. The Hall–Kier alpha value is -1.02. The van der Waals surface area contributed by atoms with Crippen LogP contribution in [-0.4, -0.2) is 11.7 Å². The Morgan fingerprint density at radius 2 is 2.00 bits per heavy atom.